The number of nitrogens with zero attached hydrogens (tertiary/aromatic N) is 1. The summed E-state index contributed by atoms with van der Waals surface area (Å²) in [6.45, 7) is 1.99. The number of thiocarbonyl (C=S) groups is 1. The number of benzene rings is 1. The summed E-state index contributed by atoms with van der Waals surface area (Å²) in [5.41, 5.74) is 9.41. The summed E-state index contributed by atoms with van der Waals surface area (Å²) >= 11 is 8.52. The summed E-state index contributed by atoms with van der Waals surface area (Å²) in [5, 5.41) is 3.28. The van der Waals surface area contributed by atoms with Crippen LogP contribution < -0.4 is 11.1 Å². The fourth-order valence-electron chi connectivity index (χ4n) is 1.66. The molecular formula is C13H12BrN3S. The van der Waals surface area contributed by atoms with Gasteiger partial charge in [-0.25, -0.2) is 0 Å². The minimum Gasteiger partial charge on any atom is -0.389 e. The lowest BCUT2D eigenvalue weighted by Gasteiger charge is -2.12. The van der Waals surface area contributed by atoms with Gasteiger partial charge in [0.15, 0.2) is 0 Å². The number of hydrogen-bond acceptors (Lipinski definition) is 3. The lowest BCUT2D eigenvalue weighted by Crippen LogP contribution is -2.12. The van der Waals surface area contributed by atoms with Gasteiger partial charge in [-0.3, -0.25) is 4.98 Å². The molecule has 2 rings (SSSR count). The number of nitrogens with one attached hydrogen (secondary N) is 1. The highest BCUT2D eigenvalue weighted by Crippen LogP contribution is 2.27. The largest absolute Gasteiger partial charge is 0.389 e. The topological polar surface area (TPSA) is 50.9 Å². The van der Waals surface area contributed by atoms with Crippen molar-refractivity contribution in [2.45, 2.75) is 6.92 Å². The van der Waals surface area contributed by atoms with Gasteiger partial charge in [0, 0.05) is 21.9 Å². The van der Waals surface area contributed by atoms with Crippen LogP contribution in [0.2, 0.25) is 0 Å². The Bertz CT molecular complexity index is 599. The van der Waals surface area contributed by atoms with Gasteiger partial charge in [0.1, 0.15) is 4.99 Å². The molecular weight excluding hydrogens is 310 g/mol. The Kier molecular flexibility index (Phi) is 3.93. The zero-order valence-electron chi connectivity index (χ0n) is 9.77. The molecule has 5 heteroatoms. The summed E-state index contributed by atoms with van der Waals surface area (Å²) in [5.74, 6) is 0. The molecule has 0 unspecified atom stereocenters. The maximum atomic E-state index is 5.74. The number of anilines is 2. The van der Waals surface area contributed by atoms with Crippen molar-refractivity contribution in [3.05, 3.63) is 52.3 Å². The van der Waals surface area contributed by atoms with Gasteiger partial charge in [0.2, 0.25) is 0 Å². The molecule has 0 fully saturated rings. The standard InChI is InChI=1S/C13H12BrN3S/c1-8-5-9(7-16-6-8)17-11-4-2-3-10(14)12(11)13(15)18/h2-7,17H,1H3,(H2,15,18). The predicted octanol–water partition coefficient (Wildman–Crippen LogP) is 3.53. The number of nitrogens with two attached hydrogens (primary N) is 1. The van der Waals surface area contributed by atoms with Crippen molar-refractivity contribution >= 4 is 44.5 Å². The summed E-state index contributed by atoms with van der Waals surface area (Å²) in [7, 11) is 0. The summed E-state index contributed by atoms with van der Waals surface area (Å²) in [4.78, 5) is 4.49. The molecule has 18 heavy (non-hydrogen) atoms. The zero-order valence-corrected chi connectivity index (χ0v) is 12.2. The molecule has 1 aromatic heterocycles. The van der Waals surface area contributed by atoms with Crippen molar-refractivity contribution in [3.63, 3.8) is 0 Å². The van der Waals surface area contributed by atoms with Gasteiger partial charge in [0.25, 0.3) is 0 Å². The average Bonchev–Trinajstić information content (AvgIpc) is 2.28. The Morgan fingerprint density at radius 3 is 2.83 bits per heavy atom. The van der Waals surface area contributed by atoms with E-state index in [0.29, 0.717) is 4.99 Å². The van der Waals surface area contributed by atoms with E-state index in [2.05, 4.69) is 26.2 Å². The third kappa shape index (κ3) is 2.86. The Morgan fingerprint density at radius 1 is 1.39 bits per heavy atom. The number of halogens is 1. The van der Waals surface area contributed by atoms with Crippen molar-refractivity contribution in [3.8, 4) is 0 Å². The van der Waals surface area contributed by atoms with Crippen molar-refractivity contribution in [2.75, 3.05) is 5.32 Å². The molecule has 0 aliphatic rings. The van der Waals surface area contributed by atoms with Gasteiger partial charge in [-0.15, -0.1) is 0 Å². The molecule has 0 atom stereocenters. The van der Waals surface area contributed by atoms with Crippen molar-refractivity contribution < 1.29 is 0 Å². The molecule has 1 heterocycles. The summed E-state index contributed by atoms with van der Waals surface area (Å²) < 4.78 is 0.876. The maximum Gasteiger partial charge on any atom is 0.107 e. The second kappa shape index (κ2) is 5.46. The molecule has 0 amide bonds. The van der Waals surface area contributed by atoms with Crippen molar-refractivity contribution in [1.29, 1.82) is 0 Å². The predicted molar refractivity (Wildman–Crippen MR) is 82.3 cm³/mol. The van der Waals surface area contributed by atoms with Gasteiger partial charge in [-0.1, -0.05) is 18.3 Å². The molecule has 0 aliphatic carbocycles. The zero-order chi connectivity index (χ0) is 13.1. The lowest BCUT2D eigenvalue weighted by atomic mass is 10.1. The van der Waals surface area contributed by atoms with Crippen LogP contribution in [0, 0.1) is 6.92 Å². The first-order valence-corrected chi connectivity index (χ1v) is 6.55. The molecule has 1 aromatic carbocycles. The van der Waals surface area contributed by atoms with Gasteiger partial charge in [-0.2, -0.15) is 0 Å². The number of aromatic nitrogens is 1. The van der Waals surface area contributed by atoms with Crippen molar-refractivity contribution in [1.82, 2.24) is 4.98 Å². The molecule has 0 saturated carbocycles. The van der Waals surface area contributed by atoms with Crippen LogP contribution in [0.3, 0.4) is 0 Å². The molecule has 2 aromatic rings. The third-order valence-electron chi connectivity index (χ3n) is 2.41. The molecule has 0 saturated heterocycles. The molecule has 0 radical (unpaired) electrons. The average molecular weight is 322 g/mol. The van der Waals surface area contributed by atoms with Crippen LogP contribution in [0.4, 0.5) is 11.4 Å². The van der Waals surface area contributed by atoms with E-state index in [-0.39, 0.29) is 0 Å². The highest BCUT2D eigenvalue weighted by atomic mass is 79.9. The Balaban J connectivity index is 2.40. The normalized spacial score (nSPS) is 10.1. The Labute approximate surface area is 120 Å². The molecule has 0 bridgehead atoms. The van der Waals surface area contributed by atoms with Crippen LogP contribution in [0.1, 0.15) is 11.1 Å². The van der Waals surface area contributed by atoms with Crippen LogP contribution in [0.25, 0.3) is 0 Å². The van der Waals surface area contributed by atoms with E-state index >= 15 is 0 Å². The first kappa shape index (κ1) is 13.0. The monoisotopic (exact) mass is 321 g/mol. The molecule has 3 nitrogen and oxygen atoms in total. The quantitative estimate of drug-likeness (QED) is 0.849. The van der Waals surface area contributed by atoms with Gasteiger partial charge < -0.3 is 11.1 Å². The minimum absolute atomic E-state index is 0.352. The molecule has 0 aliphatic heterocycles. The van der Waals surface area contributed by atoms with E-state index in [1.54, 1.807) is 12.4 Å². The van der Waals surface area contributed by atoms with Crippen LogP contribution in [0.15, 0.2) is 41.1 Å². The Hall–Kier alpha value is -1.46. The maximum absolute atomic E-state index is 5.74. The fourth-order valence-corrected chi connectivity index (χ4v) is 2.59. The number of hydrogen-bond donors (Lipinski definition) is 2. The third-order valence-corrected chi connectivity index (χ3v) is 3.28. The van der Waals surface area contributed by atoms with Crippen LogP contribution >= 0.6 is 28.1 Å². The van der Waals surface area contributed by atoms with Gasteiger partial charge >= 0.3 is 0 Å². The number of aryl methyl sites for hydroxylation is 1. The van der Waals surface area contributed by atoms with E-state index in [1.165, 1.54) is 0 Å². The highest BCUT2D eigenvalue weighted by molar-refractivity contribution is 9.10. The van der Waals surface area contributed by atoms with Crippen LogP contribution in [-0.2, 0) is 0 Å². The van der Waals surface area contributed by atoms with E-state index < -0.39 is 0 Å². The number of rotatable bonds is 3. The van der Waals surface area contributed by atoms with Gasteiger partial charge in [-0.05, 0) is 46.6 Å². The molecule has 3 N–H and O–H groups in total. The minimum atomic E-state index is 0.352. The van der Waals surface area contributed by atoms with Crippen LogP contribution in [0.5, 0.6) is 0 Å². The van der Waals surface area contributed by atoms with Crippen LogP contribution in [-0.4, -0.2) is 9.97 Å². The number of pyridine rings is 1. The van der Waals surface area contributed by atoms with E-state index in [1.807, 2.05) is 31.2 Å². The van der Waals surface area contributed by atoms with Gasteiger partial charge in [0.05, 0.1) is 11.9 Å². The first-order valence-electron chi connectivity index (χ1n) is 5.35. The smallest absolute Gasteiger partial charge is 0.107 e. The van der Waals surface area contributed by atoms with E-state index in [4.69, 9.17) is 18.0 Å². The van der Waals surface area contributed by atoms with E-state index in [9.17, 15) is 0 Å². The lowest BCUT2D eigenvalue weighted by molar-refractivity contribution is 1.26. The molecule has 92 valence electrons. The summed E-state index contributed by atoms with van der Waals surface area (Å²) in [6.07, 6.45) is 3.57. The first-order chi connectivity index (χ1) is 8.58. The second-order valence-electron chi connectivity index (χ2n) is 3.90. The second-order valence-corrected chi connectivity index (χ2v) is 5.20. The summed E-state index contributed by atoms with van der Waals surface area (Å²) in [6, 6.07) is 7.78. The highest BCUT2D eigenvalue weighted by Gasteiger charge is 2.09. The van der Waals surface area contributed by atoms with Crippen molar-refractivity contribution in [2.24, 2.45) is 5.73 Å². The molecule has 0 spiro atoms. The fraction of sp³-hybridized carbons (Fsp3) is 0.0769. The SMILES string of the molecule is Cc1cncc(Nc2cccc(Br)c2C(N)=S)c1. The Morgan fingerprint density at radius 2 is 2.17 bits per heavy atom. The van der Waals surface area contributed by atoms with E-state index in [0.717, 1.165) is 27.0 Å².